The van der Waals surface area contributed by atoms with Crippen molar-refractivity contribution in [3.8, 4) is 0 Å². The summed E-state index contributed by atoms with van der Waals surface area (Å²) in [5, 5.41) is 2.88. The number of carbonyl (C=O) groups is 3. The Morgan fingerprint density at radius 3 is 2.57 bits per heavy atom. The number of imide groups is 1. The van der Waals surface area contributed by atoms with E-state index in [4.69, 9.17) is 0 Å². The van der Waals surface area contributed by atoms with Gasteiger partial charge in [0.25, 0.3) is 5.91 Å². The Labute approximate surface area is 204 Å². The van der Waals surface area contributed by atoms with Crippen LogP contribution in [0.3, 0.4) is 0 Å². The van der Waals surface area contributed by atoms with E-state index in [0.29, 0.717) is 31.5 Å². The smallest absolute Gasteiger partial charge is 0.319 e. The molecule has 1 fully saturated rings. The third kappa shape index (κ3) is 3.71. The lowest BCUT2D eigenvalue weighted by Crippen LogP contribution is -2.48. The summed E-state index contributed by atoms with van der Waals surface area (Å²) in [7, 11) is -0.653. The summed E-state index contributed by atoms with van der Waals surface area (Å²) in [6, 6.07) is 11.8. The summed E-state index contributed by atoms with van der Waals surface area (Å²) >= 11 is 0. The van der Waals surface area contributed by atoms with Gasteiger partial charge in [-0.05, 0) is 67.0 Å². The molecule has 1 aliphatic carbocycles. The molecule has 35 heavy (non-hydrogen) atoms. The van der Waals surface area contributed by atoms with E-state index in [1.165, 1.54) is 20.2 Å². The molecule has 2 aromatic carbocycles. The van der Waals surface area contributed by atoms with Crippen LogP contribution in [0, 0.1) is 0 Å². The second-order valence-electron chi connectivity index (χ2n) is 9.46. The fourth-order valence-corrected chi connectivity index (χ4v) is 6.33. The van der Waals surface area contributed by atoms with Gasteiger partial charge >= 0.3 is 6.03 Å². The van der Waals surface area contributed by atoms with E-state index >= 15 is 0 Å². The minimum atomic E-state index is -3.60. The van der Waals surface area contributed by atoms with Gasteiger partial charge in [0, 0.05) is 26.3 Å². The van der Waals surface area contributed by atoms with E-state index in [9.17, 15) is 22.8 Å². The molecule has 0 bridgehead atoms. The first-order chi connectivity index (χ1) is 16.6. The third-order valence-corrected chi connectivity index (χ3v) is 9.00. The Kier molecular flexibility index (Phi) is 5.68. The molecule has 0 radical (unpaired) electrons. The van der Waals surface area contributed by atoms with Crippen LogP contribution in [0.5, 0.6) is 0 Å². The summed E-state index contributed by atoms with van der Waals surface area (Å²) in [5.74, 6) is -0.772. The van der Waals surface area contributed by atoms with Crippen molar-refractivity contribution in [1.82, 2.24) is 14.5 Å². The molecule has 4 amide bonds. The second-order valence-corrected chi connectivity index (χ2v) is 11.6. The number of nitrogens with zero attached hydrogens (tertiary/aromatic N) is 3. The number of nitrogens with one attached hydrogen (secondary N) is 1. The number of amides is 4. The normalized spacial score (nSPS) is 21.8. The zero-order valence-corrected chi connectivity index (χ0v) is 20.6. The van der Waals surface area contributed by atoms with Gasteiger partial charge < -0.3 is 10.2 Å². The summed E-state index contributed by atoms with van der Waals surface area (Å²) < 4.78 is 26.2. The highest BCUT2D eigenvalue weighted by Gasteiger charge is 2.54. The van der Waals surface area contributed by atoms with Crippen LogP contribution in [-0.2, 0) is 38.0 Å². The first-order valence-corrected chi connectivity index (χ1v) is 13.2. The Morgan fingerprint density at radius 2 is 1.80 bits per heavy atom. The average Bonchev–Trinajstić information content (AvgIpc) is 3.08. The van der Waals surface area contributed by atoms with Gasteiger partial charge in [-0.2, -0.15) is 0 Å². The fourth-order valence-electron chi connectivity index (χ4n) is 5.38. The maximum atomic E-state index is 13.5. The minimum Gasteiger partial charge on any atom is -0.319 e. The molecule has 10 heteroatoms. The van der Waals surface area contributed by atoms with Gasteiger partial charge in [-0.15, -0.1) is 0 Å². The first-order valence-electron chi connectivity index (χ1n) is 11.7. The molecule has 184 valence electrons. The maximum absolute atomic E-state index is 13.5. The number of sulfonamides is 1. The van der Waals surface area contributed by atoms with Crippen molar-refractivity contribution in [3.63, 3.8) is 0 Å². The highest BCUT2D eigenvalue weighted by atomic mass is 32.2. The van der Waals surface area contributed by atoms with Crippen LogP contribution in [0.25, 0.3) is 0 Å². The lowest BCUT2D eigenvalue weighted by molar-refractivity contribution is -0.135. The molecule has 1 atom stereocenters. The SMILES string of the molecule is CN(C)S(=O)(=O)c1ccc2c(c1)CCCN2C(=O)CN1C(=O)NC2(CCCc3ccccc32)C1=O. The van der Waals surface area contributed by atoms with Gasteiger partial charge in [-0.25, -0.2) is 17.5 Å². The van der Waals surface area contributed by atoms with Gasteiger partial charge in [0.05, 0.1) is 4.90 Å². The largest absolute Gasteiger partial charge is 0.325 e. The molecule has 9 nitrogen and oxygen atoms in total. The van der Waals surface area contributed by atoms with Crippen LogP contribution in [0.2, 0.25) is 0 Å². The van der Waals surface area contributed by atoms with Crippen molar-refractivity contribution < 1.29 is 22.8 Å². The molecule has 0 aromatic heterocycles. The number of rotatable bonds is 4. The number of carbonyl (C=O) groups excluding carboxylic acids is 3. The van der Waals surface area contributed by atoms with Crippen molar-refractivity contribution in [2.24, 2.45) is 0 Å². The standard InChI is InChI=1S/C25H28N4O5S/c1-27(2)35(33,34)19-11-12-21-18(15-19)9-6-14-28(21)22(30)16-29-23(31)25(26-24(29)32)13-5-8-17-7-3-4-10-20(17)25/h3-4,7,10-12,15H,5-6,8-9,13-14,16H2,1-2H3,(H,26,32). The average molecular weight is 497 g/mol. The Hall–Kier alpha value is -3.24. The van der Waals surface area contributed by atoms with Gasteiger partial charge in [0.2, 0.25) is 15.9 Å². The number of anilines is 1. The zero-order valence-electron chi connectivity index (χ0n) is 19.8. The number of benzene rings is 2. The molecule has 5 rings (SSSR count). The van der Waals surface area contributed by atoms with Gasteiger partial charge in [-0.3, -0.25) is 14.5 Å². The fraction of sp³-hybridized carbons (Fsp3) is 0.400. The highest BCUT2D eigenvalue weighted by Crippen LogP contribution is 2.40. The molecule has 2 heterocycles. The van der Waals surface area contributed by atoms with E-state index < -0.39 is 27.5 Å². The highest BCUT2D eigenvalue weighted by molar-refractivity contribution is 7.89. The molecule has 0 saturated carbocycles. The van der Waals surface area contributed by atoms with Crippen LogP contribution in [0.15, 0.2) is 47.4 Å². The number of urea groups is 1. The van der Waals surface area contributed by atoms with Gasteiger partial charge in [-0.1, -0.05) is 24.3 Å². The molecule has 3 aliphatic rings. The van der Waals surface area contributed by atoms with E-state index in [-0.39, 0.29) is 17.3 Å². The van der Waals surface area contributed by atoms with Crippen LogP contribution < -0.4 is 10.2 Å². The molecule has 1 saturated heterocycles. The van der Waals surface area contributed by atoms with Gasteiger partial charge in [0.1, 0.15) is 12.1 Å². The zero-order chi connectivity index (χ0) is 25.0. The van der Waals surface area contributed by atoms with E-state index in [1.54, 1.807) is 17.0 Å². The van der Waals surface area contributed by atoms with Gasteiger partial charge in [0.15, 0.2) is 0 Å². The second kappa shape index (κ2) is 8.46. The Balaban J connectivity index is 1.40. The van der Waals surface area contributed by atoms with Crippen molar-refractivity contribution in [1.29, 1.82) is 0 Å². The van der Waals surface area contributed by atoms with Crippen molar-refractivity contribution >= 4 is 33.6 Å². The van der Waals surface area contributed by atoms with Crippen LogP contribution >= 0.6 is 0 Å². The Morgan fingerprint density at radius 1 is 1.06 bits per heavy atom. The number of hydrogen-bond acceptors (Lipinski definition) is 5. The number of fused-ring (bicyclic) bond motifs is 3. The quantitative estimate of drug-likeness (QED) is 0.652. The van der Waals surface area contributed by atoms with Crippen LogP contribution in [-0.4, -0.2) is 62.7 Å². The molecule has 2 aliphatic heterocycles. The van der Waals surface area contributed by atoms with Crippen molar-refractivity contribution in [2.75, 3.05) is 32.1 Å². The lowest BCUT2D eigenvalue weighted by Gasteiger charge is -2.33. The minimum absolute atomic E-state index is 0.169. The predicted molar refractivity (Wildman–Crippen MR) is 129 cm³/mol. The number of hydrogen-bond donors (Lipinski definition) is 1. The van der Waals surface area contributed by atoms with Crippen molar-refractivity contribution in [3.05, 3.63) is 59.2 Å². The first kappa shape index (κ1) is 23.5. The summed E-state index contributed by atoms with van der Waals surface area (Å²) in [6.45, 7) is 0.0645. The Bertz CT molecular complexity index is 1340. The maximum Gasteiger partial charge on any atom is 0.325 e. The predicted octanol–water partition coefficient (Wildman–Crippen LogP) is 2.00. The third-order valence-electron chi connectivity index (χ3n) is 7.19. The van der Waals surface area contributed by atoms with Crippen LogP contribution in [0.1, 0.15) is 36.0 Å². The van der Waals surface area contributed by atoms with E-state index in [0.717, 1.165) is 38.7 Å². The summed E-state index contributed by atoms with van der Waals surface area (Å²) in [6.07, 6.45) is 3.40. The molecule has 1 spiro atoms. The molecule has 1 unspecified atom stereocenters. The topological polar surface area (TPSA) is 107 Å². The number of aryl methyl sites for hydroxylation is 2. The summed E-state index contributed by atoms with van der Waals surface area (Å²) in [4.78, 5) is 42.5. The molecular weight excluding hydrogens is 468 g/mol. The monoisotopic (exact) mass is 496 g/mol. The molecular formula is C25H28N4O5S. The van der Waals surface area contributed by atoms with Crippen molar-refractivity contribution in [2.45, 2.75) is 42.5 Å². The lowest BCUT2D eigenvalue weighted by atomic mass is 9.76. The molecule has 2 aromatic rings. The van der Waals surface area contributed by atoms with E-state index in [1.807, 2.05) is 24.3 Å². The molecule has 1 N–H and O–H groups in total. The van der Waals surface area contributed by atoms with Crippen LogP contribution in [0.4, 0.5) is 10.5 Å². The summed E-state index contributed by atoms with van der Waals surface area (Å²) in [5.41, 5.74) is 2.08. The van der Waals surface area contributed by atoms with E-state index in [2.05, 4.69) is 5.32 Å².